The Balaban J connectivity index is 1.59. The molecule has 4 nitrogen and oxygen atoms in total. The van der Waals surface area contributed by atoms with Crippen molar-refractivity contribution < 1.29 is 4.39 Å². The molecule has 5 heteroatoms. The number of fused-ring (bicyclic) bond motifs is 1. The van der Waals surface area contributed by atoms with E-state index in [0.717, 1.165) is 29.7 Å². The van der Waals surface area contributed by atoms with Crippen molar-refractivity contribution in [3.8, 4) is 0 Å². The number of nitrogens with zero attached hydrogens (tertiary/aromatic N) is 2. The van der Waals surface area contributed by atoms with Crippen LogP contribution in [0.4, 0.5) is 4.39 Å². The first kappa shape index (κ1) is 18.1. The van der Waals surface area contributed by atoms with Gasteiger partial charge < -0.3 is 10.7 Å². The summed E-state index contributed by atoms with van der Waals surface area (Å²) in [5, 5.41) is 0. The first-order chi connectivity index (χ1) is 13.2. The molecule has 1 unspecified atom stereocenters. The Bertz CT molecular complexity index is 882. The van der Waals surface area contributed by atoms with E-state index in [9.17, 15) is 0 Å². The molecule has 0 bridgehead atoms. The smallest absolute Gasteiger partial charge is 0.154 e. The minimum Gasteiger partial charge on any atom is -0.341 e. The van der Waals surface area contributed by atoms with Gasteiger partial charge in [-0.3, -0.25) is 4.98 Å². The van der Waals surface area contributed by atoms with E-state index in [1.807, 2.05) is 24.3 Å². The van der Waals surface area contributed by atoms with Crippen LogP contribution in [0.1, 0.15) is 67.9 Å². The van der Waals surface area contributed by atoms with Gasteiger partial charge in [0, 0.05) is 18.8 Å². The average Bonchev–Trinajstić information content (AvgIpc) is 3.09. The fraction of sp³-hybridized carbons (Fsp3) is 0.455. The second kappa shape index (κ2) is 8.17. The van der Waals surface area contributed by atoms with Gasteiger partial charge in [0.15, 0.2) is 5.82 Å². The summed E-state index contributed by atoms with van der Waals surface area (Å²) in [6, 6.07) is 7.41. The lowest BCUT2D eigenvalue weighted by Crippen LogP contribution is -2.23. The number of benzene rings is 1. The maximum atomic E-state index is 15.1. The molecule has 27 heavy (non-hydrogen) atoms. The van der Waals surface area contributed by atoms with Gasteiger partial charge in [0.1, 0.15) is 11.3 Å². The summed E-state index contributed by atoms with van der Waals surface area (Å²) < 4.78 is 15.1. The Morgan fingerprint density at radius 2 is 1.74 bits per heavy atom. The van der Waals surface area contributed by atoms with E-state index < -0.39 is 0 Å². The van der Waals surface area contributed by atoms with Gasteiger partial charge in [-0.15, -0.1) is 0 Å². The predicted molar refractivity (Wildman–Crippen MR) is 106 cm³/mol. The predicted octanol–water partition coefficient (Wildman–Crippen LogP) is 5.05. The minimum absolute atomic E-state index is 0.154. The molecule has 0 amide bonds. The maximum absolute atomic E-state index is 15.1. The summed E-state index contributed by atoms with van der Waals surface area (Å²) in [4.78, 5) is 11.9. The first-order valence-corrected chi connectivity index (χ1v) is 10.0. The highest BCUT2D eigenvalue weighted by molar-refractivity contribution is 5.77. The molecule has 142 valence electrons. The van der Waals surface area contributed by atoms with Gasteiger partial charge in [-0.1, -0.05) is 38.2 Å². The molecule has 3 N–H and O–H groups in total. The third-order valence-corrected chi connectivity index (χ3v) is 5.81. The van der Waals surface area contributed by atoms with E-state index in [-0.39, 0.29) is 11.9 Å². The topological polar surface area (TPSA) is 67.6 Å². The number of hydrogen-bond acceptors (Lipinski definition) is 3. The molecule has 1 aliphatic carbocycles. The molecule has 2 heterocycles. The monoisotopic (exact) mass is 366 g/mol. The van der Waals surface area contributed by atoms with Crippen LogP contribution in [0.15, 0.2) is 36.7 Å². The summed E-state index contributed by atoms with van der Waals surface area (Å²) in [5.74, 6) is 0.887. The number of nitrogens with two attached hydrogens (primary N) is 1. The standard InChI is InChI=1S/C22H27FN4/c23-19-17(14-15-10-12-25-13-11-15)8-9-18-21(19)27-22(26-18)20(24)16-6-4-2-1-3-5-7-16/h8-13,16,20H,1-7,14,24H2,(H,26,27). The molecule has 0 radical (unpaired) electrons. The molecule has 4 rings (SSSR count). The number of pyridine rings is 1. The molecule has 1 aromatic carbocycles. The van der Waals surface area contributed by atoms with Gasteiger partial charge in [-0.25, -0.2) is 9.37 Å². The van der Waals surface area contributed by atoms with Gasteiger partial charge in [-0.05, 0) is 48.1 Å². The summed E-state index contributed by atoms with van der Waals surface area (Å²) in [6.45, 7) is 0. The summed E-state index contributed by atoms with van der Waals surface area (Å²) in [7, 11) is 0. The van der Waals surface area contributed by atoms with E-state index in [0.29, 0.717) is 23.4 Å². The van der Waals surface area contributed by atoms with Crippen LogP contribution in [-0.2, 0) is 6.42 Å². The zero-order valence-corrected chi connectivity index (χ0v) is 15.6. The molecule has 3 aromatic rings. The molecule has 2 aromatic heterocycles. The Kier molecular flexibility index (Phi) is 5.48. The van der Waals surface area contributed by atoms with E-state index in [4.69, 9.17) is 5.73 Å². The van der Waals surface area contributed by atoms with Gasteiger partial charge in [0.25, 0.3) is 0 Å². The highest BCUT2D eigenvalue weighted by Crippen LogP contribution is 2.32. The van der Waals surface area contributed by atoms with Crippen molar-refractivity contribution in [2.45, 2.75) is 57.4 Å². The van der Waals surface area contributed by atoms with Gasteiger partial charge >= 0.3 is 0 Å². The Morgan fingerprint density at radius 3 is 2.48 bits per heavy atom. The van der Waals surface area contributed by atoms with Crippen LogP contribution in [0.3, 0.4) is 0 Å². The number of rotatable bonds is 4. The summed E-state index contributed by atoms with van der Waals surface area (Å²) >= 11 is 0. The Hall–Kier alpha value is -2.27. The highest BCUT2D eigenvalue weighted by atomic mass is 19.1. The number of nitrogens with one attached hydrogen (secondary N) is 1. The van der Waals surface area contributed by atoms with Crippen LogP contribution in [0.2, 0.25) is 0 Å². The van der Waals surface area contributed by atoms with E-state index in [2.05, 4.69) is 15.0 Å². The third kappa shape index (κ3) is 4.03. The lowest BCUT2D eigenvalue weighted by Gasteiger charge is -2.24. The van der Waals surface area contributed by atoms with Crippen LogP contribution >= 0.6 is 0 Å². The van der Waals surface area contributed by atoms with Crippen molar-refractivity contribution in [1.82, 2.24) is 15.0 Å². The second-order valence-electron chi connectivity index (χ2n) is 7.72. The SMILES string of the molecule is NC(c1nc2c(F)c(Cc3ccncc3)ccc2[nH]1)C1CCCCCCC1. The first-order valence-electron chi connectivity index (χ1n) is 10.0. The number of H-pyrrole nitrogens is 1. The highest BCUT2D eigenvalue weighted by Gasteiger charge is 2.24. The van der Waals surface area contributed by atoms with Crippen LogP contribution in [0.25, 0.3) is 11.0 Å². The van der Waals surface area contributed by atoms with Crippen LogP contribution in [-0.4, -0.2) is 15.0 Å². The zero-order valence-electron chi connectivity index (χ0n) is 15.6. The molecule has 1 fully saturated rings. The molecular weight excluding hydrogens is 339 g/mol. The number of hydrogen-bond donors (Lipinski definition) is 2. The molecule has 1 saturated carbocycles. The quantitative estimate of drug-likeness (QED) is 0.679. The Labute approximate surface area is 159 Å². The molecule has 1 aliphatic rings. The number of imidazole rings is 1. The summed E-state index contributed by atoms with van der Waals surface area (Å²) in [6.07, 6.45) is 12.6. The third-order valence-electron chi connectivity index (χ3n) is 5.81. The second-order valence-corrected chi connectivity index (χ2v) is 7.72. The van der Waals surface area contributed by atoms with Crippen LogP contribution < -0.4 is 5.73 Å². The fourth-order valence-corrected chi connectivity index (χ4v) is 4.19. The normalized spacial score (nSPS) is 17.6. The Morgan fingerprint density at radius 1 is 1.04 bits per heavy atom. The lowest BCUT2D eigenvalue weighted by molar-refractivity contribution is 0.321. The van der Waals surface area contributed by atoms with Crippen LogP contribution in [0, 0.1) is 11.7 Å². The fourth-order valence-electron chi connectivity index (χ4n) is 4.19. The summed E-state index contributed by atoms with van der Waals surface area (Å²) in [5.41, 5.74) is 9.35. The van der Waals surface area contributed by atoms with Crippen LogP contribution in [0.5, 0.6) is 0 Å². The van der Waals surface area contributed by atoms with E-state index in [1.165, 1.54) is 32.1 Å². The van der Waals surface area contributed by atoms with Crippen molar-refractivity contribution in [2.24, 2.45) is 11.7 Å². The lowest BCUT2D eigenvalue weighted by atomic mass is 9.86. The molecular formula is C22H27FN4. The van der Waals surface area contributed by atoms with Gasteiger partial charge in [-0.2, -0.15) is 0 Å². The molecule has 0 saturated heterocycles. The van der Waals surface area contributed by atoms with Crippen molar-refractivity contribution in [2.75, 3.05) is 0 Å². The van der Waals surface area contributed by atoms with Gasteiger partial charge in [0.05, 0.1) is 11.6 Å². The zero-order chi connectivity index (χ0) is 18.6. The van der Waals surface area contributed by atoms with Crippen molar-refractivity contribution >= 4 is 11.0 Å². The van der Waals surface area contributed by atoms with E-state index in [1.54, 1.807) is 12.4 Å². The van der Waals surface area contributed by atoms with E-state index >= 15 is 4.39 Å². The van der Waals surface area contributed by atoms with Gasteiger partial charge in [0.2, 0.25) is 0 Å². The number of aromatic nitrogens is 3. The number of halogens is 1. The van der Waals surface area contributed by atoms with Crippen molar-refractivity contribution in [3.05, 3.63) is 59.4 Å². The van der Waals surface area contributed by atoms with Crippen molar-refractivity contribution in [3.63, 3.8) is 0 Å². The molecule has 1 atom stereocenters. The number of aromatic amines is 1. The minimum atomic E-state index is -0.253. The largest absolute Gasteiger partial charge is 0.341 e. The van der Waals surface area contributed by atoms with Crippen molar-refractivity contribution in [1.29, 1.82) is 0 Å². The average molecular weight is 366 g/mol. The molecule has 0 spiro atoms. The molecule has 0 aliphatic heterocycles. The maximum Gasteiger partial charge on any atom is 0.154 e.